The van der Waals surface area contributed by atoms with Crippen LogP contribution >= 0.6 is 8.53 Å². The van der Waals surface area contributed by atoms with Gasteiger partial charge in [-0.25, -0.2) is 9.78 Å². The molecule has 0 saturated carbocycles. The number of rotatable bonds is 6. The smallest absolute Gasteiger partial charge is 0.354 e. The van der Waals surface area contributed by atoms with E-state index in [1.165, 1.54) is 10.9 Å². The summed E-state index contributed by atoms with van der Waals surface area (Å²) in [7, 11) is -1.54. The van der Waals surface area contributed by atoms with Crippen molar-refractivity contribution in [3.8, 4) is 5.75 Å². The van der Waals surface area contributed by atoms with E-state index in [-0.39, 0.29) is 18.7 Å². The first-order valence-electron chi connectivity index (χ1n) is 7.38. The molecule has 1 aliphatic rings. The molecule has 1 fully saturated rings. The number of ether oxygens (including phenoxy) is 1. The Bertz CT molecular complexity index is 729. The van der Waals surface area contributed by atoms with Crippen LogP contribution in [0.25, 0.3) is 0 Å². The summed E-state index contributed by atoms with van der Waals surface area (Å²) in [5, 5.41) is 0. The van der Waals surface area contributed by atoms with Gasteiger partial charge >= 0.3 is 14.2 Å². The molecule has 0 radical (unpaired) electrons. The zero-order chi connectivity index (χ0) is 16.9. The Kier molecular flexibility index (Phi) is 5.37. The van der Waals surface area contributed by atoms with Crippen LogP contribution in [0.1, 0.15) is 19.1 Å². The maximum Gasteiger partial charge on any atom is 0.354 e. The molecule has 0 spiro atoms. The van der Waals surface area contributed by atoms with E-state index in [0.717, 1.165) is 6.42 Å². The molecule has 3 rings (SSSR count). The molecule has 1 aromatic heterocycles. The lowest BCUT2D eigenvalue weighted by atomic mass is 10.2. The summed E-state index contributed by atoms with van der Waals surface area (Å²) in [5.74, 6) is 0.600. The fraction of sp³-hybridized carbons (Fsp3) is 0.357. The predicted molar refractivity (Wildman–Crippen MR) is 88.0 cm³/mol. The van der Waals surface area contributed by atoms with Crippen molar-refractivity contribution in [1.82, 2.24) is 14.5 Å². The summed E-state index contributed by atoms with van der Waals surface area (Å²) in [6.07, 6.45) is 2.13. The third-order valence-electron chi connectivity index (χ3n) is 3.47. The molecule has 0 bridgehead atoms. The molecule has 128 valence electrons. The maximum atomic E-state index is 11.8. The van der Waals surface area contributed by atoms with E-state index < -0.39 is 20.4 Å². The zero-order valence-electron chi connectivity index (χ0n) is 12.8. The van der Waals surface area contributed by atoms with E-state index in [1.54, 1.807) is 12.1 Å². The number of nitrogens with zero attached hydrogens (tertiary/aromatic N) is 3. The van der Waals surface area contributed by atoms with Crippen LogP contribution in [0.3, 0.4) is 0 Å². The monoisotopic (exact) mass is 351 g/mol. The number of hydrogen-bond acceptors (Lipinski definition) is 8. The molecule has 9 nitrogen and oxygen atoms in total. The number of benzene rings is 1. The molecule has 0 amide bonds. The van der Waals surface area contributed by atoms with Crippen molar-refractivity contribution >= 4 is 14.5 Å². The number of hydrogen-bond donors (Lipinski definition) is 2. The number of nitrogen functional groups attached to an aromatic ring is 1. The van der Waals surface area contributed by atoms with Crippen LogP contribution in [0.15, 0.2) is 41.5 Å². The molecule has 24 heavy (non-hydrogen) atoms. The molecule has 3 atom stereocenters. The fourth-order valence-electron chi connectivity index (χ4n) is 2.34. The third-order valence-corrected chi connectivity index (χ3v) is 4.26. The van der Waals surface area contributed by atoms with Crippen LogP contribution in [0.2, 0.25) is 0 Å². The second-order valence-electron chi connectivity index (χ2n) is 5.18. The summed E-state index contributed by atoms with van der Waals surface area (Å²) in [6, 6.07) is 9.22. The first kappa shape index (κ1) is 16.8. The highest BCUT2D eigenvalue weighted by Crippen LogP contribution is 2.34. The van der Waals surface area contributed by atoms with E-state index in [4.69, 9.17) is 25.0 Å². The minimum Gasteiger partial charge on any atom is -0.436 e. The van der Waals surface area contributed by atoms with Crippen LogP contribution in [-0.4, -0.2) is 27.2 Å². The molecule has 1 aliphatic heterocycles. The Morgan fingerprint density at radius 2 is 2.12 bits per heavy atom. The summed E-state index contributed by atoms with van der Waals surface area (Å²) in [6.45, 7) is 0.288. The van der Waals surface area contributed by atoms with E-state index in [2.05, 4.69) is 9.97 Å². The van der Waals surface area contributed by atoms with Gasteiger partial charge in [-0.05, 0) is 25.0 Å². The zero-order valence-corrected chi connectivity index (χ0v) is 13.7. The number of anilines is 1. The van der Waals surface area contributed by atoms with E-state index >= 15 is 0 Å². The highest BCUT2D eigenvalue weighted by Gasteiger charge is 2.28. The largest absolute Gasteiger partial charge is 0.436 e. The normalized spacial score (nSPS) is 21.5. The lowest BCUT2D eigenvalue weighted by Gasteiger charge is -2.17. The summed E-state index contributed by atoms with van der Waals surface area (Å²) in [4.78, 5) is 19.2. The summed E-state index contributed by atoms with van der Waals surface area (Å²) < 4.78 is 18.1. The molecule has 1 aromatic carbocycles. The van der Waals surface area contributed by atoms with Gasteiger partial charge in [-0.2, -0.15) is 4.98 Å². The number of nitrogens with two attached hydrogens (primary N) is 2. The van der Waals surface area contributed by atoms with Gasteiger partial charge in [0.05, 0.1) is 12.7 Å². The molecule has 0 aliphatic carbocycles. The van der Waals surface area contributed by atoms with E-state index in [1.807, 2.05) is 18.2 Å². The Morgan fingerprint density at radius 1 is 1.33 bits per heavy atom. The fourth-order valence-corrected chi connectivity index (χ4v) is 3.03. The SMILES string of the molecule is Nc1ncn(C2CCC(COP(N)Oc3ccccc3)O2)c(=O)n1. The summed E-state index contributed by atoms with van der Waals surface area (Å²) in [5.41, 5.74) is 10.7. The Labute approximate surface area is 139 Å². The highest BCUT2D eigenvalue weighted by molar-refractivity contribution is 7.44. The lowest BCUT2D eigenvalue weighted by molar-refractivity contribution is -0.0199. The van der Waals surface area contributed by atoms with Crippen molar-refractivity contribution in [1.29, 1.82) is 0 Å². The van der Waals surface area contributed by atoms with Gasteiger partial charge in [-0.3, -0.25) is 10.1 Å². The van der Waals surface area contributed by atoms with Crippen LogP contribution < -0.4 is 21.5 Å². The minimum atomic E-state index is -1.54. The highest BCUT2D eigenvalue weighted by atomic mass is 31.2. The molecular weight excluding hydrogens is 333 g/mol. The molecule has 3 unspecified atom stereocenters. The van der Waals surface area contributed by atoms with Gasteiger partial charge in [0.1, 0.15) is 18.3 Å². The second-order valence-corrected chi connectivity index (χ2v) is 6.19. The lowest BCUT2D eigenvalue weighted by Crippen LogP contribution is -2.29. The van der Waals surface area contributed by atoms with Crippen molar-refractivity contribution in [2.75, 3.05) is 12.3 Å². The van der Waals surface area contributed by atoms with Gasteiger partial charge in [-0.1, -0.05) is 18.2 Å². The van der Waals surface area contributed by atoms with Gasteiger partial charge in [0.25, 0.3) is 0 Å². The Hall–Kier alpha value is -2.06. The van der Waals surface area contributed by atoms with E-state index in [0.29, 0.717) is 12.2 Å². The van der Waals surface area contributed by atoms with Crippen molar-refractivity contribution in [2.24, 2.45) is 5.50 Å². The van der Waals surface area contributed by atoms with Gasteiger partial charge in [0.15, 0.2) is 0 Å². The molecule has 2 heterocycles. The van der Waals surface area contributed by atoms with Crippen LogP contribution in [-0.2, 0) is 9.26 Å². The van der Waals surface area contributed by atoms with Gasteiger partial charge in [-0.15, -0.1) is 0 Å². The third kappa shape index (κ3) is 4.27. The molecular formula is C14H18N5O4P. The first-order valence-corrected chi connectivity index (χ1v) is 8.63. The van der Waals surface area contributed by atoms with Crippen LogP contribution in [0.5, 0.6) is 5.75 Å². The van der Waals surface area contributed by atoms with Crippen LogP contribution in [0.4, 0.5) is 5.95 Å². The molecule has 4 N–H and O–H groups in total. The topological polar surface area (TPSA) is 128 Å². The van der Waals surface area contributed by atoms with Crippen molar-refractivity contribution in [2.45, 2.75) is 25.2 Å². The first-order chi connectivity index (χ1) is 11.6. The predicted octanol–water partition coefficient (Wildman–Crippen LogP) is 1.18. The Morgan fingerprint density at radius 3 is 2.88 bits per heavy atom. The summed E-state index contributed by atoms with van der Waals surface area (Å²) >= 11 is 0. The van der Waals surface area contributed by atoms with Crippen molar-refractivity contribution < 1.29 is 13.8 Å². The number of aromatic nitrogens is 3. The molecule has 1 saturated heterocycles. The average Bonchev–Trinajstić information content (AvgIpc) is 3.02. The molecule has 2 aromatic rings. The van der Waals surface area contributed by atoms with Gasteiger partial charge in [0.2, 0.25) is 5.95 Å². The standard InChI is InChI=1S/C14H18N5O4P/c15-13-17-9-19(14(20)18-13)12-7-6-11(22-12)8-21-24(16)23-10-4-2-1-3-5-10/h1-5,9,11-12H,6-8,16H2,(H2,15,18,20). The minimum absolute atomic E-state index is 0.0547. The van der Waals surface area contributed by atoms with Crippen molar-refractivity contribution in [3.05, 3.63) is 47.1 Å². The van der Waals surface area contributed by atoms with Crippen molar-refractivity contribution in [3.63, 3.8) is 0 Å². The quantitative estimate of drug-likeness (QED) is 0.743. The molecule has 10 heteroatoms. The maximum absolute atomic E-state index is 11.8. The average molecular weight is 351 g/mol. The van der Waals surface area contributed by atoms with E-state index in [9.17, 15) is 4.79 Å². The van der Waals surface area contributed by atoms with Gasteiger partial charge < -0.3 is 19.5 Å². The van der Waals surface area contributed by atoms with Gasteiger partial charge in [0, 0.05) is 0 Å². The van der Waals surface area contributed by atoms with Crippen LogP contribution in [0, 0.1) is 0 Å². The Balaban J connectivity index is 1.48. The number of para-hydroxylation sites is 1. The second kappa shape index (κ2) is 7.67.